The number of amides is 2. The van der Waals surface area contributed by atoms with E-state index in [0.29, 0.717) is 17.3 Å². The quantitative estimate of drug-likeness (QED) is 0.390. The molecule has 2 N–H and O–H groups in total. The van der Waals surface area contributed by atoms with Crippen LogP contribution in [0.5, 0.6) is 11.5 Å². The number of urea groups is 1. The van der Waals surface area contributed by atoms with Crippen LogP contribution in [0.1, 0.15) is 22.9 Å². The molecule has 0 radical (unpaired) electrons. The summed E-state index contributed by atoms with van der Waals surface area (Å²) in [6, 6.07) is 20.6. The number of H-pyrrole nitrogens is 1. The molecule has 1 unspecified atom stereocenters. The van der Waals surface area contributed by atoms with Crippen LogP contribution in [-0.2, 0) is 6.42 Å². The average Bonchev–Trinajstić information content (AvgIpc) is 3.21. The number of carbonyl (C=O) groups excluding carboxylic acids is 1. The van der Waals surface area contributed by atoms with Crippen LogP contribution in [0.25, 0.3) is 10.9 Å². The van der Waals surface area contributed by atoms with Crippen molar-refractivity contribution in [3.05, 3.63) is 88.6 Å². The Bertz CT molecular complexity index is 1300. The zero-order valence-electron chi connectivity index (χ0n) is 18.4. The van der Waals surface area contributed by atoms with Crippen molar-refractivity contribution >= 4 is 34.2 Å². The number of benzene rings is 3. The summed E-state index contributed by atoms with van der Waals surface area (Å²) in [5.74, 6) is 1.51. The lowest BCUT2D eigenvalue weighted by molar-refractivity contribution is 0.193. The number of aromatic nitrogens is 1. The van der Waals surface area contributed by atoms with Gasteiger partial charge in [-0.25, -0.2) is 4.79 Å². The standard InChI is InChI=1S/C26H24ClN3O3/c1-32-19-8-3-16(4-9-19)25-24-21(22-15-17(27)5-12-23(22)29-24)13-14-30(25)26(31)28-18-6-10-20(33-2)11-7-18/h3-12,15,25,29H,13-14H2,1-2H3,(H,28,31). The van der Waals surface area contributed by atoms with E-state index in [-0.39, 0.29) is 12.1 Å². The number of rotatable bonds is 4. The van der Waals surface area contributed by atoms with Crippen molar-refractivity contribution in [3.63, 3.8) is 0 Å². The molecule has 6 nitrogen and oxygen atoms in total. The van der Waals surface area contributed by atoms with E-state index in [0.717, 1.165) is 40.1 Å². The fourth-order valence-corrected chi connectivity index (χ4v) is 4.65. The average molecular weight is 462 g/mol. The number of hydrogen-bond acceptors (Lipinski definition) is 3. The van der Waals surface area contributed by atoms with Gasteiger partial charge in [-0.05, 0) is 72.1 Å². The molecule has 5 rings (SSSR count). The van der Waals surface area contributed by atoms with Gasteiger partial charge in [-0.1, -0.05) is 23.7 Å². The minimum Gasteiger partial charge on any atom is -0.497 e. The molecule has 0 spiro atoms. The van der Waals surface area contributed by atoms with E-state index in [1.165, 1.54) is 5.56 Å². The Balaban J connectivity index is 1.54. The smallest absolute Gasteiger partial charge is 0.322 e. The Labute approximate surface area is 197 Å². The predicted molar refractivity (Wildman–Crippen MR) is 131 cm³/mol. The second kappa shape index (κ2) is 8.71. The molecule has 0 aliphatic carbocycles. The third kappa shape index (κ3) is 3.98. The second-order valence-electron chi connectivity index (χ2n) is 7.98. The monoisotopic (exact) mass is 461 g/mol. The third-order valence-corrected chi connectivity index (χ3v) is 6.36. The maximum absolute atomic E-state index is 13.4. The van der Waals surface area contributed by atoms with Crippen LogP contribution in [0, 0.1) is 0 Å². The highest BCUT2D eigenvalue weighted by molar-refractivity contribution is 6.31. The first kappa shape index (κ1) is 21.2. The lowest BCUT2D eigenvalue weighted by Gasteiger charge is -2.36. The molecule has 2 amide bonds. The molecule has 4 aromatic rings. The van der Waals surface area contributed by atoms with Gasteiger partial charge < -0.3 is 24.7 Å². The van der Waals surface area contributed by atoms with E-state index >= 15 is 0 Å². The minimum absolute atomic E-state index is 0.164. The van der Waals surface area contributed by atoms with Gasteiger partial charge >= 0.3 is 6.03 Å². The number of carbonyl (C=O) groups is 1. The summed E-state index contributed by atoms with van der Waals surface area (Å²) in [6.45, 7) is 0.575. The van der Waals surface area contributed by atoms with Crippen molar-refractivity contribution < 1.29 is 14.3 Å². The largest absolute Gasteiger partial charge is 0.497 e. The van der Waals surface area contributed by atoms with Crippen molar-refractivity contribution in [2.24, 2.45) is 0 Å². The van der Waals surface area contributed by atoms with Gasteiger partial charge in [-0.3, -0.25) is 0 Å². The maximum atomic E-state index is 13.4. The van der Waals surface area contributed by atoms with Gasteiger partial charge in [0.25, 0.3) is 0 Å². The van der Waals surface area contributed by atoms with Gasteiger partial charge in [0.1, 0.15) is 11.5 Å². The van der Waals surface area contributed by atoms with E-state index in [4.69, 9.17) is 21.1 Å². The summed E-state index contributed by atoms with van der Waals surface area (Å²) >= 11 is 6.28. The Morgan fingerprint density at radius 3 is 2.33 bits per heavy atom. The summed E-state index contributed by atoms with van der Waals surface area (Å²) in [5.41, 5.74) is 4.93. The van der Waals surface area contributed by atoms with E-state index in [1.54, 1.807) is 14.2 Å². The molecule has 0 bridgehead atoms. The molecule has 1 aromatic heterocycles. The Kier molecular flexibility index (Phi) is 5.60. The van der Waals surface area contributed by atoms with Crippen LogP contribution < -0.4 is 14.8 Å². The van der Waals surface area contributed by atoms with Crippen LogP contribution in [0.3, 0.4) is 0 Å². The lowest BCUT2D eigenvalue weighted by Crippen LogP contribution is -2.43. The van der Waals surface area contributed by atoms with Crippen molar-refractivity contribution in [1.29, 1.82) is 0 Å². The first-order chi connectivity index (χ1) is 16.1. The number of hydrogen-bond donors (Lipinski definition) is 2. The molecule has 7 heteroatoms. The van der Waals surface area contributed by atoms with Crippen LogP contribution in [0.4, 0.5) is 10.5 Å². The lowest BCUT2D eigenvalue weighted by atomic mass is 9.92. The normalized spacial score (nSPS) is 15.2. The van der Waals surface area contributed by atoms with E-state index in [9.17, 15) is 4.79 Å². The number of anilines is 1. The van der Waals surface area contributed by atoms with Gasteiger partial charge in [0.15, 0.2) is 0 Å². The first-order valence-corrected chi connectivity index (χ1v) is 11.1. The van der Waals surface area contributed by atoms with Crippen molar-refractivity contribution in [3.8, 4) is 11.5 Å². The van der Waals surface area contributed by atoms with Gasteiger partial charge in [-0.2, -0.15) is 0 Å². The van der Waals surface area contributed by atoms with Gasteiger partial charge in [0, 0.05) is 33.9 Å². The molecule has 0 fully saturated rings. The predicted octanol–water partition coefficient (Wildman–Crippen LogP) is 6.02. The highest BCUT2D eigenvalue weighted by atomic mass is 35.5. The van der Waals surface area contributed by atoms with Crippen molar-refractivity contribution in [2.75, 3.05) is 26.1 Å². The fourth-order valence-electron chi connectivity index (χ4n) is 4.48. The van der Waals surface area contributed by atoms with Crippen LogP contribution in [0.2, 0.25) is 5.02 Å². The van der Waals surface area contributed by atoms with Crippen LogP contribution >= 0.6 is 11.6 Å². The van der Waals surface area contributed by atoms with Crippen LogP contribution in [-0.4, -0.2) is 36.7 Å². The van der Waals surface area contributed by atoms with Crippen molar-refractivity contribution in [2.45, 2.75) is 12.5 Å². The molecule has 0 saturated heterocycles. The molecular formula is C26H24ClN3O3. The van der Waals surface area contributed by atoms with Gasteiger partial charge in [-0.15, -0.1) is 0 Å². The molecule has 3 aromatic carbocycles. The molecule has 1 aliphatic heterocycles. The molecule has 1 atom stereocenters. The highest BCUT2D eigenvalue weighted by Crippen LogP contribution is 2.39. The zero-order chi connectivity index (χ0) is 22.9. The summed E-state index contributed by atoms with van der Waals surface area (Å²) in [7, 11) is 3.26. The number of methoxy groups -OCH3 is 2. The second-order valence-corrected chi connectivity index (χ2v) is 8.42. The number of ether oxygens (including phenoxy) is 2. The van der Waals surface area contributed by atoms with E-state index in [2.05, 4.69) is 10.3 Å². The molecule has 0 saturated carbocycles. The van der Waals surface area contributed by atoms with Gasteiger partial charge in [0.2, 0.25) is 0 Å². The number of nitrogens with one attached hydrogen (secondary N) is 2. The molecule has 1 aliphatic rings. The summed E-state index contributed by atoms with van der Waals surface area (Å²) in [4.78, 5) is 18.9. The SMILES string of the molecule is COc1ccc(NC(=O)N2CCc3c([nH]c4ccc(Cl)cc34)C2c2ccc(OC)cc2)cc1. The Hall–Kier alpha value is -3.64. The topological polar surface area (TPSA) is 66.6 Å². The summed E-state index contributed by atoms with van der Waals surface area (Å²) in [5, 5.41) is 4.83. The Morgan fingerprint density at radius 2 is 1.67 bits per heavy atom. The van der Waals surface area contributed by atoms with E-state index in [1.807, 2.05) is 71.6 Å². The number of fused-ring (bicyclic) bond motifs is 3. The zero-order valence-corrected chi connectivity index (χ0v) is 19.1. The number of halogens is 1. The maximum Gasteiger partial charge on any atom is 0.322 e. The fraction of sp³-hybridized carbons (Fsp3) is 0.192. The summed E-state index contributed by atoms with van der Waals surface area (Å²) < 4.78 is 10.5. The van der Waals surface area contributed by atoms with Crippen LogP contribution in [0.15, 0.2) is 66.7 Å². The summed E-state index contributed by atoms with van der Waals surface area (Å²) in [6.07, 6.45) is 0.734. The molecule has 33 heavy (non-hydrogen) atoms. The molecular weight excluding hydrogens is 438 g/mol. The first-order valence-electron chi connectivity index (χ1n) is 10.7. The molecule has 2 heterocycles. The minimum atomic E-state index is -0.274. The van der Waals surface area contributed by atoms with Crippen molar-refractivity contribution in [1.82, 2.24) is 9.88 Å². The number of aromatic amines is 1. The third-order valence-electron chi connectivity index (χ3n) is 6.12. The van der Waals surface area contributed by atoms with Gasteiger partial charge in [0.05, 0.1) is 20.3 Å². The highest BCUT2D eigenvalue weighted by Gasteiger charge is 2.34. The molecule has 168 valence electrons. The Morgan fingerprint density at radius 1 is 1.00 bits per heavy atom. The van der Waals surface area contributed by atoms with E-state index < -0.39 is 0 Å². The number of nitrogens with zero attached hydrogens (tertiary/aromatic N) is 1.